The maximum absolute atomic E-state index is 12.1. The number of hydrogen-bond donors (Lipinski definition) is 1. The van der Waals surface area contributed by atoms with Crippen molar-refractivity contribution in [3.8, 4) is 0 Å². The number of nitrogens with one attached hydrogen (secondary N) is 1. The Kier molecular flexibility index (Phi) is 5.17. The lowest BCUT2D eigenvalue weighted by atomic mass is 10.2. The first-order valence-electron chi connectivity index (χ1n) is 7.01. The first kappa shape index (κ1) is 14.6. The molecule has 0 aliphatic carbocycles. The van der Waals surface area contributed by atoms with Gasteiger partial charge in [0, 0.05) is 32.7 Å². The smallest absolute Gasteiger partial charge is 0.257 e. The van der Waals surface area contributed by atoms with E-state index in [1.54, 1.807) is 11.0 Å². The molecule has 6 heteroatoms. The van der Waals surface area contributed by atoms with Crippen molar-refractivity contribution in [2.24, 2.45) is 0 Å². The number of furan rings is 1. The highest BCUT2D eigenvalue weighted by Gasteiger charge is 2.23. The van der Waals surface area contributed by atoms with Gasteiger partial charge in [-0.3, -0.25) is 14.5 Å². The molecule has 1 aliphatic heterocycles. The van der Waals surface area contributed by atoms with Crippen molar-refractivity contribution in [3.63, 3.8) is 0 Å². The van der Waals surface area contributed by atoms with E-state index in [0.29, 0.717) is 25.2 Å². The summed E-state index contributed by atoms with van der Waals surface area (Å²) in [4.78, 5) is 27.6. The molecule has 2 amide bonds. The van der Waals surface area contributed by atoms with E-state index in [9.17, 15) is 9.59 Å². The fourth-order valence-corrected chi connectivity index (χ4v) is 2.20. The second-order valence-electron chi connectivity index (χ2n) is 4.93. The van der Waals surface area contributed by atoms with Crippen molar-refractivity contribution >= 4 is 11.8 Å². The summed E-state index contributed by atoms with van der Waals surface area (Å²) in [5.41, 5.74) is 0.583. The highest BCUT2D eigenvalue weighted by atomic mass is 16.3. The van der Waals surface area contributed by atoms with Crippen LogP contribution in [0, 0.1) is 0 Å². The molecule has 20 heavy (non-hydrogen) atoms. The molecule has 1 aromatic heterocycles. The topological polar surface area (TPSA) is 65.8 Å². The molecule has 2 heterocycles. The van der Waals surface area contributed by atoms with Crippen LogP contribution in [0.25, 0.3) is 0 Å². The Bertz CT molecular complexity index is 437. The molecule has 110 valence electrons. The second-order valence-corrected chi connectivity index (χ2v) is 4.93. The average molecular weight is 279 g/mol. The van der Waals surface area contributed by atoms with E-state index in [1.165, 1.54) is 12.5 Å². The molecule has 0 spiro atoms. The average Bonchev–Trinajstić information content (AvgIpc) is 2.99. The van der Waals surface area contributed by atoms with Crippen molar-refractivity contribution < 1.29 is 14.0 Å². The predicted molar refractivity (Wildman–Crippen MR) is 74.4 cm³/mol. The number of nitrogens with zero attached hydrogens (tertiary/aromatic N) is 2. The number of amides is 2. The highest BCUT2D eigenvalue weighted by molar-refractivity contribution is 5.93. The monoisotopic (exact) mass is 279 g/mol. The van der Waals surface area contributed by atoms with Crippen LogP contribution in [0.4, 0.5) is 0 Å². The Morgan fingerprint density at radius 3 is 2.65 bits per heavy atom. The lowest BCUT2D eigenvalue weighted by molar-refractivity contribution is -0.122. The zero-order valence-corrected chi connectivity index (χ0v) is 11.8. The maximum Gasteiger partial charge on any atom is 0.257 e. The van der Waals surface area contributed by atoms with Crippen molar-refractivity contribution in [2.45, 2.75) is 13.3 Å². The van der Waals surface area contributed by atoms with Gasteiger partial charge in [-0.15, -0.1) is 0 Å². The lowest BCUT2D eigenvalue weighted by Gasteiger charge is -2.34. The van der Waals surface area contributed by atoms with Crippen LogP contribution in [0.15, 0.2) is 23.0 Å². The third-order valence-corrected chi connectivity index (χ3v) is 3.37. The summed E-state index contributed by atoms with van der Waals surface area (Å²) in [6.07, 6.45) is 3.91. The molecule has 1 N–H and O–H groups in total. The Hall–Kier alpha value is -1.82. The molecule has 0 aromatic carbocycles. The summed E-state index contributed by atoms with van der Waals surface area (Å²) in [6.45, 7) is 5.90. The van der Waals surface area contributed by atoms with Gasteiger partial charge in [-0.25, -0.2) is 0 Å². The number of carbonyl (C=O) groups is 2. The third kappa shape index (κ3) is 3.84. The Labute approximate surface area is 118 Å². The number of hydrogen-bond acceptors (Lipinski definition) is 4. The van der Waals surface area contributed by atoms with Crippen LogP contribution in [0.5, 0.6) is 0 Å². The Morgan fingerprint density at radius 2 is 2.05 bits per heavy atom. The molecule has 1 fully saturated rings. The van der Waals surface area contributed by atoms with Crippen LogP contribution in [0.2, 0.25) is 0 Å². The summed E-state index contributed by atoms with van der Waals surface area (Å²) in [7, 11) is 0. The minimum atomic E-state index is -0.00571. The maximum atomic E-state index is 12.1. The minimum absolute atomic E-state index is 0.00571. The van der Waals surface area contributed by atoms with Crippen LogP contribution in [0.3, 0.4) is 0 Å². The largest absolute Gasteiger partial charge is 0.472 e. The van der Waals surface area contributed by atoms with Crippen LogP contribution < -0.4 is 5.32 Å². The van der Waals surface area contributed by atoms with E-state index >= 15 is 0 Å². The zero-order valence-electron chi connectivity index (χ0n) is 11.8. The lowest BCUT2D eigenvalue weighted by Crippen LogP contribution is -2.51. The first-order valence-corrected chi connectivity index (χ1v) is 7.01. The van der Waals surface area contributed by atoms with Crippen LogP contribution in [0.1, 0.15) is 23.7 Å². The Balaban J connectivity index is 1.75. The molecular weight excluding hydrogens is 258 g/mol. The molecule has 0 saturated carbocycles. The van der Waals surface area contributed by atoms with Crippen molar-refractivity contribution in [2.75, 3.05) is 39.3 Å². The van der Waals surface area contributed by atoms with Crippen molar-refractivity contribution in [1.82, 2.24) is 15.1 Å². The van der Waals surface area contributed by atoms with E-state index in [1.807, 2.05) is 6.92 Å². The summed E-state index contributed by atoms with van der Waals surface area (Å²) < 4.78 is 4.93. The van der Waals surface area contributed by atoms with E-state index < -0.39 is 0 Å². The van der Waals surface area contributed by atoms with Gasteiger partial charge < -0.3 is 14.6 Å². The summed E-state index contributed by atoms with van der Waals surface area (Å²) >= 11 is 0. The van der Waals surface area contributed by atoms with Gasteiger partial charge in [-0.05, 0) is 12.5 Å². The SMILES string of the molecule is CCCNC(=O)CN1CCN(C(=O)c2ccoc2)CC1. The van der Waals surface area contributed by atoms with E-state index in [2.05, 4.69) is 10.2 Å². The van der Waals surface area contributed by atoms with Gasteiger partial charge in [0.1, 0.15) is 6.26 Å². The van der Waals surface area contributed by atoms with Gasteiger partial charge in [0.15, 0.2) is 0 Å². The zero-order chi connectivity index (χ0) is 14.4. The van der Waals surface area contributed by atoms with Crippen LogP contribution in [-0.4, -0.2) is 60.9 Å². The quantitative estimate of drug-likeness (QED) is 0.855. The molecule has 1 aliphatic rings. The minimum Gasteiger partial charge on any atom is -0.472 e. The van der Waals surface area contributed by atoms with Gasteiger partial charge in [-0.2, -0.15) is 0 Å². The second kappa shape index (κ2) is 7.09. The molecule has 0 atom stereocenters. The fourth-order valence-electron chi connectivity index (χ4n) is 2.20. The number of piperazine rings is 1. The van der Waals surface area contributed by atoms with E-state index in [0.717, 1.165) is 26.1 Å². The third-order valence-electron chi connectivity index (χ3n) is 3.37. The normalized spacial score (nSPS) is 16.1. The summed E-state index contributed by atoms with van der Waals surface area (Å²) in [5, 5.41) is 2.86. The molecule has 6 nitrogen and oxygen atoms in total. The standard InChI is InChI=1S/C14H21N3O3/c1-2-4-15-13(18)10-16-5-7-17(8-6-16)14(19)12-3-9-20-11-12/h3,9,11H,2,4-8,10H2,1H3,(H,15,18). The first-order chi connectivity index (χ1) is 9.70. The predicted octanol–water partition coefficient (Wildman–Crippen LogP) is 0.564. The number of rotatable bonds is 5. The van der Waals surface area contributed by atoms with Gasteiger partial charge in [0.25, 0.3) is 5.91 Å². The van der Waals surface area contributed by atoms with Crippen LogP contribution in [-0.2, 0) is 4.79 Å². The summed E-state index contributed by atoms with van der Waals surface area (Å²) in [6, 6.07) is 1.67. The highest BCUT2D eigenvalue weighted by Crippen LogP contribution is 2.09. The molecular formula is C14H21N3O3. The molecule has 1 saturated heterocycles. The van der Waals surface area contributed by atoms with Gasteiger partial charge in [0.2, 0.25) is 5.91 Å². The van der Waals surface area contributed by atoms with Gasteiger partial charge in [-0.1, -0.05) is 6.92 Å². The summed E-state index contributed by atoms with van der Waals surface area (Å²) in [5.74, 6) is 0.0512. The number of carbonyl (C=O) groups excluding carboxylic acids is 2. The molecule has 2 rings (SSSR count). The van der Waals surface area contributed by atoms with Crippen LogP contribution >= 0.6 is 0 Å². The van der Waals surface area contributed by atoms with Gasteiger partial charge in [0.05, 0.1) is 18.4 Å². The molecule has 0 radical (unpaired) electrons. The molecule has 1 aromatic rings. The van der Waals surface area contributed by atoms with E-state index in [-0.39, 0.29) is 11.8 Å². The van der Waals surface area contributed by atoms with Crippen molar-refractivity contribution in [1.29, 1.82) is 0 Å². The van der Waals surface area contributed by atoms with E-state index in [4.69, 9.17) is 4.42 Å². The molecule has 0 unspecified atom stereocenters. The van der Waals surface area contributed by atoms with Gasteiger partial charge >= 0.3 is 0 Å². The fraction of sp³-hybridized carbons (Fsp3) is 0.571. The Morgan fingerprint density at radius 1 is 1.30 bits per heavy atom. The molecule has 0 bridgehead atoms. The van der Waals surface area contributed by atoms with Crippen molar-refractivity contribution in [3.05, 3.63) is 24.2 Å².